The fourth-order valence-corrected chi connectivity index (χ4v) is 1.54. The molecule has 2 aromatic heterocycles. The van der Waals surface area contributed by atoms with Crippen molar-refractivity contribution in [3.63, 3.8) is 0 Å². The van der Waals surface area contributed by atoms with Gasteiger partial charge in [0.25, 0.3) is 11.8 Å². The third-order valence-electron chi connectivity index (χ3n) is 1.70. The van der Waals surface area contributed by atoms with Crippen molar-refractivity contribution < 1.29 is 9.53 Å². The number of aromatic nitrogens is 4. The van der Waals surface area contributed by atoms with Gasteiger partial charge in [-0.25, -0.2) is 0 Å². The van der Waals surface area contributed by atoms with Crippen LogP contribution in [0.25, 0.3) is 0 Å². The van der Waals surface area contributed by atoms with Crippen LogP contribution in [0.2, 0.25) is 0 Å². The first kappa shape index (κ1) is 10.4. The predicted molar refractivity (Wildman–Crippen MR) is 56.4 cm³/mol. The third-order valence-corrected chi connectivity index (χ3v) is 2.41. The minimum atomic E-state index is -0.333. The number of amides is 1. The zero-order valence-electron chi connectivity index (χ0n) is 8.25. The number of anilines is 1. The van der Waals surface area contributed by atoms with Gasteiger partial charge in [-0.2, -0.15) is 10.2 Å². The highest BCUT2D eigenvalue weighted by Gasteiger charge is 2.16. The molecule has 0 radical (unpaired) electrons. The Morgan fingerprint density at radius 1 is 1.50 bits per heavy atom. The van der Waals surface area contributed by atoms with Crippen molar-refractivity contribution in [2.75, 3.05) is 12.4 Å². The standard InChI is InChI=1S/C8H7N5O2S/c1-15-8-6(16-13-12-8)7(14)11-5-2-3-9-10-4-5/h2-4H,1H3,(H,9,11,14). The van der Waals surface area contributed by atoms with E-state index >= 15 is 0 Å². The Kier molecular flexibility index (Phi) is 3.01. The average Bonchev–Trinajstić information content (AvgIpc) is 2.78. The topological polar surface area (TPSA) is 89.9 Å². The summed E-state index contributed by atoms with van der Waals surface area (Å²) < 4.78 is 8.53. The van der Waals surface area contributed by atoms with Crippen LogP contribution in [0, 0.1) is 0 Å². The lowest BCUT2D eigenvalue weighted by atomic mass is 10.4. The van der Waals surface area contributed by atoms with E-state index in [0.29, 0.717) is 10.6 Å². The van der Waals surface area contributed by atoms with Crippen molar-refractivity contribution in [3.05, 3.63) is 23.3 Å². The average molecular weight is 237 g/mol. The molecule has 0 aliphatic rings. The molecule has 0 fully saturated rings. The predicted octanol–water partition coefficient (Wildman–Crippen LogP) is 0.589. The molecule has 0 bridgehead atoms. The maximum atomic E-state index is 11.7. The van der Waals surface area contributed by atoms with E-state index < -0.39 is 0 Å². The molecule has 0 saturated carbocycles. The number of nitrogens with zero attached hydrogens (tertiary/aromatic N) is 4. The van der Waals surface area contributed by atoms with Crippen LogP contribution in [-0.2, 0) is 0 Å². The quantitative estimate of drug-likeness (QED) is 0.840. The lowest BCUT2D eigenvalue weighted by Crippen LogP contribution is -2.11. The third kappa shape index (κ3) is 2.11. The largest absolute Gasteiger partial charge is 0.479 e. The van der Waals surface area contributed by atoms with Crippen molar-refractivity contribution in [2.45, 2.75) is 0 Å². The smallest absolute Gasteiger partial charge is 0.273 e. The van der Waals surface area contributed by atoms with E-state index in [4.69, 9.17) is 4.74 Å². The van der Waals surface area contributed by atoms with E-state index in [9.17, 15) is 4.79 Å². The molecule has 2 rings (SSSR count). The van der Waals surface area contributed by atoms with Crippen molar-refractivity contribution in [3.8, 4) is 5.88 Å². The molecule has 0 spiro atoms. The molecule has 0 aliphatic heterocycles. The van der Waals surface area contributed by atoms with E-state index in [1.165, 1.54) is 19.5 Å². The Morgan fingerprint density at radius 3 is 3.06 bits per heavy atom. The Hall–Kier alpha value is -2.09. The van der Waals surface area contributed by atoms with E-state index in [1.807, 2.05) is 0 Å². The molecule has 1 amide bonds. The summed E-state index contributed by atoms with van der Waals surface area (Å²) in [6.45, 7) is 0. The maximum Gasteiger partial charge on any atom is 0.273 e. The SMILES string of the molecule is COc1nnsc1C(=O)Nc1ccnnc1. The molecule has 0 saturated heterocycles. The molecule has 2 aromatic rings. The van der Waals surface area contributed by atoms with Crippen LogP contribution in [0.3, 0.4) is 0 Å². The number of hydrogen-bond acceptors (Lipinski definition) is 7. The highest BCUT2D eigenvalue weighted by atomic mass is 32.1. The van der Waals surface area contributed by atoms with Gasteiger partial charge in [0.1, 0.15) is 0 Å². The summed E-state index contributed by atoms with van der Waals surface area (Å²) in [4.78, 5) is 12.1. The lowest BCUT2D eigenvalue weighted by Gasteiger charge is -2.02. The zero-order chi connectivity index (χ0) is 11.4. The number of carbonyl (C=O) groups is 1. The molecule has 1 N–H and O–H groups in total. The van der Waals surface area contributed by atoms with Crippen LogP contribution < -0.4 is 10.1 Å². The second-order valence-corrected chi connectivity index (χ2v) is 3.45. The lowest BCUT2D eigenvalue weighted by molar-refractivity contribution is 0.102. The monoisotopic (exact) mass is 237 g/mol. The molecule has 0 unspecified atom stereocenters. The maximum absolute atomic E-state index is 11.7. The zero-order valence-corrected chi connectivity index (χ0v) is 9.06. The Morgan fingerprint density at radius 2 is 2.38 bits per heavy atom. The van der Waals surface area contributed by atoms with Gasteiger partial charge >= 0.3 is 0 Å². The van der Waals surface area contributed by atoms with Gasteiger partial charge in [-0.05, 0) is 17.6 Å². The van der Waals surface area contributed by atoms with E-state index in [2.05, 4.69) is 25.1 Å². The number of ether oxygens (including phenoxy) is 1. The van der Waals surface area contributed by atoms with Crippen LogP contribution in [0.5, 0.6) is 5.88 Å². The normalized spacial score (nSPS) is 9.81. The van der Waals surface area contributed by atoms with E-state index in [1.54, 1.807) is 6.07 Å². The summed E-state index contributed by atoms with van der Waals surface area (Å²) in [5, 5.41) is 13.5. The number of carbonyl (C=O) groups excluding carboxylic acids is 1. The van der Waals surface area contributed by atoms with Gasteiger partial charge in [-0.15, -0.1) is 0 Å². The van der Waals surface area contributed by atoms with Crippen LogP contribution in [0.4, 0.5) is 5.69 Å². The van der Waals surface area contributed by atoms with Crippen LogP contribution in [-0.4, -0.2) is 32.8 Å². The second kappa shape index (κ2) is 4.62. The summed E-state index contributed by atoms with van der Waals surface area (Å²) in [6.07, 6.45) is 2.93. The summed E-state index contributed by atoms with van der Waals surface area (Å²) >= 11 is 0.967. The molecule has 2 heterocycles. The van der Waals surface area contributed by atoms with Gasteiger partial charge in [0.15, 0.2) is 4.88 Å². The molecular weight excluding hydrogens is 230 g/mol. The minimum Gasteiger partial charge on any atom is -0.479 e. The number of methoxy groups -OCH3 is 1. The fraction of sp³-hybridized carbons (Fsp3) is 0.125. The summed E-state index contributed by atoms with van der Waals surface area (Å²) in [5.74, 6) is -0.121. The molecule has 0 aliphatic carbocycles. The molecule has 82 valence electrons. The van der Waals surface area contributed by atoms with Crippen molar-refractivity contribution in [1.82, 2.24) is 19.8 Å². The summed E-state index contributed by atoms with van der Waals surface area (Å²) in [6, 6.07) is 1.63. The first-order chi connectivity index (χ1) is 7.81. The summed E-state index contributed by atoms with van der Waals surface area (Å²) in [5.41, 5.74) is 0.551. The van der Waals surface area contributed by atoms with Gasteiger partial charge < -0.3 is 10.1 Å². The van der Waals surface area contributed by atoms with Gasteiger partial charge in [0.05, 0.1) is 25.2 Å². The van der Waals surface area contributed by atoms with Crippen molar-refractivity contribution in [2.24, 2.45) is 0 Å². The van der Waals surface area contributed by atoms with Crippen LogP contribution in [0.1, 0.15) is 9.67 Å². The Labute approximate surface area is 94.6 Å². The van der Waals surface area contributed by atoms with Crippen molar-refractivity contribution in [1.29, 1.82) is 0 Å². The molecule has 7 nitrogen and oxygen atoms in total. The second-order valence-electron chi connectivity index (χ2n) is 2.70. The number of rotatable bonds is 3. The van der Waals surface area contributed by atoms with Crippen molar-refractivity contribution >= 4 is 23.1 Å². The van der Waals surface area contributed by atoms with Gasteiger partial charge in [0, 0.05) is 0 Å². The van der Waals surface area contributed by atoms with E-state index in [-0.39, 0.29) is 11.8 Å². The highest BCUT2D eigenvalue weighted by molar-refractivity contribution is 7.08. The van der Waals surface area contributed by atoms with Crippen LogP contribution >= 0.6 is 11.5 Å². The highest BCUT2D eigenvalue weighted by Crippen LogP contribution is 2.19. The van der Waals surface area contributed by atoms with Gasteiger partial charge in [0.2, 0.25) is 0 Å². The van der Waals surface area contributed by atoms with E-state index in [0.717, 1.165) is 11.5 Å². The first-order valence-corrected chi connectivity index (χ1v) is 5.03. The van der Waals surface area contributed by atoms with Crippen LogP contribution in [0.15, 0.2) is 18.5 Å². The molecule has 0 aromatic carbocycles. The molecule has 8 heteroatoms. The summed E-state index contributed by atoms with van der Waals surface area (Å²) in [7, 11) is 1.43. The Balaban J connectivity index is 2.15. The molecule has 16 heavy (non-hydrogen) atoms. The minimum absolute atomic E-state index is 0.213. The van der Waals surface area contributed by atoms with Gasteiger partial charge in [-0.1, -0.05) is 9.59 Å². The number of hydrogen-bond donors (Lipinski definition) is 1. The Bertz CT molecular complexity index is 486. The van der Waals surface area contributed by atoms with Gasteiger partial charge in [-0.3, -0.25) is 4.79 Å². The molecular formula is C8H7N5O2S. The number of nitrogens with one attached hydrogen (secondary N) is 1. The first-order valence-electron chi connectivity index (χ1n) is 4.25. The fourth-order valence-electron chi connectivity index (χ4n) is 1.01. The molecule has 0 atom stereocenters.